The van der Waals surface area contributed by atoms with Crippen molar-refractivity contribution in [2.24, 2.45) is 11.7 Å². The van der Waals surface area contributed by atoms with Gasteiger partial charge in [-0.05, 0) is 31.8 Å². The van der Waals surface area contributed by atoms with E-state index in [4.69, 9.17) is 5.73 Å². The van der Waals surface area contributed by atoms with E-state index in [1.54, 1.807) is 0 Å². The van der Waals surface area contributed by atoms with Gasteiger partial charge in [0.1, 0.15) is 0 Å². The summed E-state index contributed by atoms with van der Waals surface area (Å²) in [6.07, 6.45) is 2.42. The minimum atomic E-state index is 0.369. The van der Waals surface area contributed by atoms with E-state index in [0.29, 0.717) is 12.0 Å². The number of nitrogens with two attached hydrogens (primary N) is 1. The molecule has 1 rings (SSSR count). The maximum atomic E-state index is 6.07. The summed E-state index contributed by atoms with van der Waals surface area (Å²) in [6.45, 7) is 14.1. The van der Waals surface area contributed by atoms with Gasteiger partial charge in [0.2, 0.25) is 0 Å². The van der Waals surface area contributed by atoms with E-state index in [2.05, 4.69) is 30.6 Å². The highest BCUT2D eigenvalue weighted by Crippen LogP contribution is 2.07. The monoisotopic (exact) mass is 227 g/mol. The summed E-state index contributed by atoms with van der Waals surface area (Å²) in [7, 11) is 0. The van der Waals surface area contributed by atoms with Crippen LogP contribution in [-0.4, -0.2) is 55.1 Å². The van der Waals surface area contributed by atoms with E-state index in [1.165, 1.54) is 45.7 Å². The Balaban J connectivity index is 2.12. The second kappa shape index (κ2) is 7.25. The average Bonchev–Trinajstić information content (AvgIpc) is 2.28. The molecule has 0 radical (unpaired) electrons. The summed E-state index contributed by atoms with van der Waals surface area (Å²) in [5, 5.41) is 0. The van der Waals surface area contributed by atoms with Crippen LogP contribution >= 0.6 is 0 Å². The highest BCUT2D eigenvalue weighted by molar-refractivity contribution is 4.74. The first-order chi connectivity index (χ1) is 7.63. The molecule has 0 amide bonds. The molecule has 1 fully saturated rings. The van der Waals surface area contributed by atoms with Crippen molar-refractivity contribution in [1.29, 1.82) is 0 Å². The van der Waals surface area contributed by atoms with Crippen LogP contribution in [0.3, 0.4) is 0 Å². The van der Waals surface area contributed by atoms with Gasteiger partial charge in [-0.25, -0.2) is 0 Å². The van der Waals surface area contributed by atoms with Gasteiger partial charge in [0.05, 0.1) is 0 Å². The third kappa shape index (κ3) is 4.81. The molecule has 16 heavy (non-hydrogen) atoms. The third-order valence-electron chi connectivity index (χ3n) is 3.64. The van der Waals surface area contributed by atoms with Crippen molar-refractivity contribution >= 4 is 0 Å². The molecule has 0 saturated carbocycles. The lowest BCUT2D eigenvalue weighted by atomic mass is 10.0. The van der Waals surface area contributed by atoms with Gasteiger partial charge in [-0.3, -0.25) is 0 Å². The first-order valence-electron chi connectivity index (χ1n) is 6.83. The van der Waals surface area contributed by atoms with Crippen LogP contribution in [0.25, 0.3) is 0 Å². The van der Waals surface area contributed by atoms with E-state index in [9.17, 15) is 0 Å². The predicted octanol–water partition coefficient (Wildman–Crippen LogP) is 1.39. The zero-order chi connectivity index (χ0) is 12.0. The molecular weight excluding hydrogens is 198 g/mol. The molecule has 0 aromatic heterocycles. The Labute approximate surface area is 101 Å². The van der Waals surface area contributed by atoms with Crippen molar-refractivity contribution in [3.05, 3.63) is 0 Å². The van der Waals surface area contributed by atoms with Crippen LogP contribution in [0.2, 0.25) is 0 Å². The van der Waals surface area contributed by atoms with E-state index in [-0.39, 0.29) is 0 Å². The summed E-state index contributed by atoms with van der Waals surface area (Å²) >= 11 is 0. The zero-order valence-corrected chi connectivity index (χ0v) is 11.3. The maximum Gasteiger partial charge on any atom is 0.0110 e. The number of piperazine rings is 1. The van der Waals surface area contributed by atoms with Crippen molar-refractivity contribution in [3.8, 4) is 0 Å². The predicted molar refractivity (Wildman–Crippen MR) is 70.6 cm³/mol. The number of hydrogen-bond donors (Lipinski definition) is 1. The van der Waals surface area contributed by atoms with E-state index in [1.807, 2.05) is 0 Å². The summed E-state index contributed by atoms with van der Waals surface area (Å²) in [6, 6.07) is 0.369. The van der Waals surface area contributed by atoms with Gasteiger partial charge in [-0.1, -0.05) is 20.8 Å². The van der Waals surface area contributed by atoms with Crippen molar-refractivity contribution in [1.82, 2.24) is 9.80 Å². The SMILES string of the molecule is CCCN1CCN(CCC(N)C(C)C)CC1. The standard InChI is InChI=1S/C13H29N3/c1-4-6-15-8-10-16(11-9-15)7-5-13(14)12(2)3/h12-13H,4-11,14H2,1-3H3. The highest BCUT2D eigenvalue weighted by atomic mass is 15.3. The van der Waals surface area contributed by atoms with Gasteiger partial charge in [-0.15, -0.1) is 0 Å². The summed E-state index contributed by atoms with van der Waals surface area (Å²) in [5.74, 6) is 0.612. The molecule has 1 saturated heterocycles. The number of rotatable bonds is 6. The zero-order valence-electron chi connectivity index (χ0n) is 11.3. The Hall–Kier alpha value is -0.120. The average molecular weight is 227 g/mol. The lowest BCUT2D eigenvalue weighted by molar-refractivity contribution is 0.128. The molecule has 1 aliphatic heterocycles. The molecular formula is C13H29N3. The van der Waals surface area contributed by atoms with Gasteiger partial charge < -0.3 is 15.5 Å². The van der Waals surface area contributed by atoms with Crippen molar-refractivity contribution in [3.63, 3.8) is 0 Å². The topological polar surface area (TPSA) is 32.5 Å². The van der Waals surface area contributed by atoms with Gasteiger partial charge in [0.25, 0.3) is 0 Å². The minimum Gasteiger partial charge on any atom is -0.327 e. The van der Waals surface area contributed by atoms with Crippen molar-refractivity contribution < 1.29 is 0 Å². The Morgan fingerprint density at radius 3 is 1.94 bits per heavy atom. The van der Waals surface area contributed by atoms with Crippen LogP contribution in [-0.2, 0) is 0 Å². The third-order valence-corrected chi connectivity index (χ3v) is 3.64. The van der Waals surface area contributed by atoms with Crippen LogP contribution in [0.1, 0.15) is 33.6 Å². The second-order valence-electron chi connectivity index (χ2n) is 5.38. The molecule has 3 heteroatoms. The van der Waals surface area contributed by atoms with Crippen LogP contribution in [0, 0.1) is 5.92 Å². The Bertz CT molecular complexity index is 174. The summed E-state index contributed by atoms with van der Waals surface area (Å²) in [4.78, 5) is 5.13. The summed E-state index contributed by atoms with van der Waals surface area (Å²) in [5.41, 5.74) is 6.07. The van der Waals surface area contributed by atoms with Gasteiger partial charge in [0, 0.05) is 32.2 Å². The fraction of sp³-hybridized carbons (Fsp3) is 1.00. The fourth-order valence-corrected chi connectivity index (χ4v) is 2.22. The molecule has 1 atom stereocenters. The number of hydrogen-bond acceptors (Lipinski definition) is 3. The van der Waals surface area contributed by atoms with Crippen LogP contribution in [0.4, 0.5) is 0 Å². The van der Waals surface area contributed by atoms with E-state index >= 15 is 0 Å². The quantitative estimate of drug-likeness (QED) is 0.744. The van der Waals surface area contributed by atoms with Gasteiger partial charge in [0.15, 0.2) is 0 Å². The molecule has 0 spiro atoms. The molecule has 0 aromatic carbocycles. The normalized spacial score (nSPS) is 21.6. The first-order valence-corrected chi connectivity index (χ1v) is 6.83. The Morgan fingerprint density at radius 2 is 1.50 bits per heavy atom. The Kier molecular flexibility index (Phi) is 6.32. The van der Waals surface area contributed by atoms with Crippen molar-refractivity contribution in [2.75, 3.05) is 39.3 Å². The fourth-order valence-electron chi connectivity index (χ4n) is 2.22. The molecule has 0 aromatic rings. The molecule has 1 unspecified atom stereocenters. The largest absolute Gasteiger partial charge is 0.327 e. The van der Waals surface area contributed by atoms with Gasteiger partial charge >= 0.3 is 0 Å². The molecule has 0 aliphatic carbocycles. The Morgan fingerprint density at radius 1 is 1.00 bits per heavy atom. The molecule has 2 N–H and O–H groups in total. The molecule has 1 heterocycles. The van der Waals surface area contributed by atoms with Crippen LogP contribution < -0.4 is 5.73 Å². The van der Waals surface area contributed by atoms with Crippen LogP contribution in [0.5, 0.6) is 0 Å². The van der Waals surface area contributed by atoms with E-state index in [0.717, 1.165) is 6.42 Å². The smallest absolute Gasteiger partial charge is 0.0110 e. The molecule has 3 nitrogen and oxygen atoms in total. The number of nitrogens with zero attached hydrogens (tertiary/aromatic N) is 2. The second-order valence-corrected chi connectivity index (χ2v) is 5.38. The minimum absolute atomic E-state index is 0.369. The molecule has 0 bridgehead atoms. The van der Waals surface area contributed by atoms with Crippen molar-refractivity contribution in [2.45, 2.75) is 39.7 Å². The highest BCUT2D eigenvalue weighted by Gasteiger charge is 2.17. The maximum absolute atomic E-state index is 6.07. The first kappa shape index (κ1) is 13.9. The van der Waals surface area contributed by atoms with Gasteiger partial charge in [-0.2, -0.15) is 0 Å². The lowest BCUT2D eigenvalue weighted by Crippen LogP contribution is -2.47. The molecule has 1 aliphatic rings. The molecule has 96 valence electrons. The van der Waals surface area contributed by atoms with Crippen LogP contribution in [0.15, 0.2) is 0 Å². The lowest BCUT2D eigenvalue weighted by Gasteiger charge is -2.35. The van der Waals surface area contributed by atoms with E-state index < -0.39 is 0 Å². The summed E-state index contributed by atoms with van der Waals surface area (Å²) < 4.78 is 0.